The fraction of sp³-hybridized carbons (Fsp3) is 0.423. The molecule has 40 heavy (non-hydrogen) atoms. The zero-order chi connectivity index (χ0) is 28.1. The van der Waals surface area contributed by atoms with Gasteiger partial charge in [-0.1, -0.05) is 30.3 Å². The van der Waals surface area contributed by atoms with Crippen LogP contribution in [-0.4, -0.2) is 76.4 Å². The van der Waals surface area contributed by atoms with Gasteiger partial charge in [0.15, 0.2) is 5.69 Å². The number of piperidine rings is 1. The Hall–Kier alpha value is -4.20. The topological polar surface area (TPSA) is 129 Å². The minimum atomic E-state index is -4.78. The van der Waals surface area contributed by atoms with Crippen molar-refractivity contribution in [2.24, 2.45) is 0 Å². The number of likely N-dealkylation sites (tertiary alicyclic amines) is 1. The highest BCUT2D eigenvalue weighted by Gasteiger charge is 2.37. The number of nitrogens with zero attached hydrogens (tertiary/aromatic N) is 6. The van der Waals surface area contributed by atoms with E-state index in [1.54, 1.807) is 4.90 Å². The fourth-order valence-corrected chi connectivity index (χ4v) is 4.45. The van der Waals surface area contributed by atoms with Crippen LogP contribution in [-0.2, 0) is 22.3 Å². The third-order valence-electron chi connectivity index (χ3n) is 6.53. The number of amides is 1. The maximum atomic E-state index is 13.8. The summed E-state index contributed by atoms with van der Waals surface area (Å²) in [7, 11) is 0. The smallest absolute Gasteiger partial charge is 0.434 e. The number of carbonyl (C=O) groups is 1. The number of carbonyl (C=O) groups excluding carboxylic acids is 1. The van der Waals surface area contributed by atoms with Crippen molar-refractivity contribution >= 4 is 18.0 Å². The van der Waals surface area contributed by atoms with Crippen LogP contribution in [0.3, 0.4) is 0 Å². The average molecular weight is 560 g/mol. The van der Waals surface area contributed by atoms with Crippen molar-refractivity contribution in [1.29, 1.82) is 0 Å². The van der Waals surface area contributed by atoms with E-state index in [1.165, 1.54) is 6.07 Å². The quantitative estimate of drug-likeness (QED) is 0.479. The monoisotopic (exact) mass is 559 g/mol. The summed E-state index contributed by atoms with van der Waals surface area (Å²) in [5.74, 6) is -0.173. The van der Waals surface area contributed by atoms with E-state index in [2.05, 4.69) is 19.9 Å². The van der Waals surface area contributed by atoms with Crippen molar-refractivity contribution in [1.82, 2.24) is 24.8 Å². The third kappa shape index (κ3) is 6.68. The first-order valence-corrected chi connectivity index (χ1v) is 12.8. The summed E-state index contributed by atoms with van der Waals surface area (Å²) in [5, 5.41) is 0. The van der Waals surface area contributed by atoms with Gasteiger partial charge < -0.3 is 29.7 Å². The lowest BCUT2D eigenvalue weighted by Crippen LogP contribution is -2.42. The molecule has 1 amide bonds. The molecule has 4 heterocycles. The van der Waals surface area contributed by atoms with Crippen LogP contribution in [0.15, 0.2) is 42.6 Å². The van der Waals surface area contributed by atoms with Crippen molar-refractivity contribution in [2.45, 2.75) is 31.7 Å². The first-order chi connectivity index (χ1) is 19.3. The molecule has 2 saturated heterocycles. The summed E-state index contributed by atoms with van der Waals surface area (Å²) in [6, 6.07) is 10.7. The standard InChI is InChI=1S/C26H28F3N7O4/c27-26(28,29)22-19(15-31-23(30)34-22)20-14-21(33-24(32-20)35-10-12-38-13-11-35)40-18-6-8-36(9-7-18)25(37)39-16-17-4-2-1-3-5-17/h1-5,14-15,18H,6-13,16H2,(H2,30,31,34). The van der Waals surface area contributed by atoms with Crippen LogP contribution in [0.25, 0.3) is 11.3 Å². The Labute approximate surface area is 228 Å². The Morgan fingerprint density at radius 2 is 1.77 bits per heavy atom. The van der Waals surface area contributed by atoms with E-state index < -0.39 is 23.9 Å². The molecular formula is C26H28F3N7O4. The van der Waals surface area contributed by atoms with E-state index in [1.807, 2.05) is 35.2 Å². The molecule has 2 aromatic heterocycles. The summed E-state index contributed by atoms with van der Waals surface area (Å²) >= 11 is 0. The Kier molecular flexibility index (Phi) is 8.14. The molecule has 2 aliphatic heterocycles. The van der Waals surface area contributed by atoms with Gasteiger partial charge in [-0.05, 0) is 5.56 Å². The van der Waals surface area contributed by atoms with Crippen LogP contribution in [0.4, 0.5) is 29.9 Å². The SMILES string of the molecule is Nc1ncc(-c2cc(OC3CCN(C(=O)OCc4ccccc4)CC3)nc(N3CCOCC3)n2)c(C(F)(F)F)n1. The summed E-state index contributed by atoms with van der Waals surface area (Å²) in [4.78, 5) is 32.0. The van der Waals surface area contributed by atoms with Gasteiger partial charge >= 0.3 is 12.3 Å². The Balaban J connectivity index is 1.31. The van der Waals surface area contributed by atoms with E-state index in [4.69, 9.17) is 19.9 Å². The largest absolute Gasteiger partial charge is 0.474 e. The zero-order valence-corrected chi connectivity index (χ0v) is 21.5. The van der Waals surface area contributed by atoms with Gasteiger partial charge in [-0.3, -0.25) is 0 Å². The molecule has 0 spiro atoms. The number of halogens is 3. The number of aromatic nitrogens is 4. The lowest BCUT2D eigenvalue weighted by molar-refractivity contribution is -0.140. The van der Waals surface area contributed by atoms with E-state index in [0.29, 0.717) is 52.2 Å². The van der Waals surface area contributed by atoms with Gasteiger partial charge in [0.05, 0.1) is 18.9 Å². The Morgan fingerprint density at radius 1 is 1.05 bits per heavy atom. The highest BCUT2D eigenvalue weighted by molar-refractivity contribution is 5.68. The van der Waals surface area contributed by atoms with Crippen LogP contribution < -0.4 is 15.4 Å². The third-order valence-corrected chi connectivity index (χ3v) is 6.53. The predicted molar refractivity (Wildman–Crippen MR) is 137 cm³/mol. The van der Waals surface area contributed by atoms with Gasteiger partial charge in [0.2, 0.25) is 17.8 Å². The molecule has 0 bridgehead atoms. The minimum absolute atomic E-state index is 0.0410. The van der Waals surface area contributed by atoms with Crippen molar-refractivity contribution in [3.63, 3.8) is 0 Å². The number of benzene rings is 1. The lowest BCUT2D eigenvalue weighted by atomic mass is 10.1. The van der Waals surface area contributed by atoms with Crippen LogP contribution in [0.2, 0.25) is 0 Å². The minimum Gasteiger partial charge on any atom is -0.474 e. The number of anilines is 2. The first-order valence-electron chi connectivity index (χ1n) is 12.8. The van der Waals surface area contributed by atoms with Gasteiger partial charge in [-0.25, -0.2) is 19.7 Å². The Bertz CT molecular complexity index is 1320. The predicted octanol–water partition coefficient (Wildman–Crippen LogP) is 3.55. The molecule has 2 fully saturated rings. The fourth-order valence-electron chi connectivity index (χ4n) is 4.45. The molecule has 0 radical (unpaired) electrons. The van der Waals surface area contributed by atoms with Crippen LogP contribution >= 0.6 is 0 Å². The number of rotatable bonds is 6. The maximum Gasteiger partial charge on any atom is 0.434 e. The second-order valence-corrected chi connectivity index (χ2v) is 9.32. The van der Waals surface area contributed by atoms with Crippen molar-refractivity contribution in [3.05, 3.63) is 53.9 Å². The number of hydrogen-bond acceptors (Lipinski definition) is 10. The number of nitrogen functional groups attached to an aromatic ring is 1. The molecule has 0 unspecified atom stereocenters. The summed E-state index contributed by atoms with van der Waals surface area (Å²) in [6.45, 7) is 2.78. The van der Waals surface area contributed by atoms with Gasteiger partial charge in [-0.2, -0.15) is 18.2 Å². The second-order valence-electron chi connectivity index (χ2n) is 9.32. The van der Waals surface area contributed by atoms with Gasteiger partial charge in [0, 0.05) is 56.8 Å². The highest BCUT2D eigenvalue weighted by Crippen LogP contribution is 2.36. The number of morpholine rings is 1. The number of nitrogens with two attached hydrogens (primary N) is 1. The van der Waals surface area contributed by atoms with E-state index in [-0.39, 0.29) is 35.8 Å². The molecule has 3 aromatic rings. The normalized spacial score (nSPS) is 16.6. The molecular weight excluding hydrogens is 531 g/mol. The molecule has 2 aliphatic rings. The number of hydrogen-bond donors (Lipinski definition) is 1. The number of ether oxygens (including phenoxy) is 3. The van der Waals surface area contributed by atoms with Gasteiger partial charge in [0.25, 0.3) is 0 Å². The zero-order valence-electron chi connectivity index (χ0n) is 21.5. The second kappa shape index (κ2) is 11.9. The first kappa shape index (κ1) is 27.4. The van der Waals surface area contributed by atoms with Gasteiger partial charge in [0.1, 0.15) is 12.7 Å². The maximum absolute atomic E-state index is 13.8. The number of alkyl halides is 3. The summed E-state index contributed by atoms with van der Waals surface area (Å²) in [5.41, 5.74) is 4.77. The molecule has 212 valence electrons. The molecule has 11 nitrogen and oxygen atoms in total. The molecule has 14 heteroatoms. The summed E-state index contributed by atoms with van der Waals surface area (Å²) in [6.07, 6.45) is -3.52. The van der Waals surface area contributed by atoms with Crippen LogP contribution in [0.1, 0.15) is 24.1 Å². The molecule has 5 rings (SSSR count). The van der Waals surface area contributed by atoms with E-state index in [0.717, 1.165) is 11.8 Å². The van der Waals surface area contributed by atoms with Gasteiger partial charge in [-0.15, -0.1) is 0 Å². The molecule has 2 N–H and O–H groups in total. The average Bonchev–Trinajstić information content (AvgIpc) is 2.96. The van der Waals surface area contributed by atoms with Crippen molar-refractivity contribution in [3.8, 4) is 17.1 Å². The summed E-state index contributed by atoms with van der Waals surface area (Å²) < 4.78 is 58.3. The van der Waals surface area contributed by atoms with Crippen molar-refractivity contribution < 1.29 is 32.2 Å². The van der Waals surface area contributed by atoms with Crippen molar-refractivity contribution in [2.75, 3.05) is 50.0 Å². The Morgan fingerprint density at radius 3 is 2.48 bits per heavy atom. The molecule has 1 aromatic carbocycles. The van der Waals surface area contributed by atoms with Crippen LogP contribution in [0.5, 0.6) is 5.88 Å². The highest BCUT2D eigenvalue weighted by atomic mass is 19.4. The van der Waals surface area contributed by atoms with Crippen LogP contribution in [0, 0.1) is 0 Å². The van der Waals surface area contributed by atoms with E-state index >= 15 is 0 Å². The molecule has 0 saturated carbocycles. The molecule has 0 aliphatic carbocycles. The van der Waals surface area contributed by atoms with E-state index in [9.17, 15) is 18.0 Å². The molecule has 0 atom stereocenters. The lowest BCUT2D eigenvalue weighted by Gasteiger charge is -2.32.